The van der Waals surface area contributed by atoms with Crippen molar-refractivity contribution >= 4 is 99.9 Å². The Balaban J connectivity index is 1.41. The normalized spacial score (nSPS) is 12.6. The molecule has 0 aromatic heterocycles. The number of hydrogen-bond donors (Lipinski definition) is 14. The minimum atomic E-state index is -1.22. The summed E-state index contributed by atoms with van der Waals surface area (Å²) >= 11 is 0. The molecule has 41 nitrogen and oxygen atoms in total. The third kappa shape index (κ3) is 75.2. The standard InChI is InChI=1S/C106H174N10O31/c1-79(117)82(33-23-26-55-113-101(129)90(108)39-25-28-54-110-98(126)77-144-71-66-139-60-32-37-86(120)76-143-70-67-140-63-57-111-95(123)53-52-92(105(136)137)116-97(125)41-22-15-11-7-5-9-13-17-30-62-147-88-49-44-81(45-50-88)103(132)133)73-93(121)83(74-94(122)106(2,3)109)34-24-27-56-114-100(128)89(107)38-20-18-19-35-85(119)75-142-69-68-141-64-58-112-99(127)78-145-72-65-138-59-31-36-84(118)46-51-91(104(134)135)115-96(124)40-21-14-10-6-4-8-12-16-29-61-146-87-47-42-80(43-48-87)102(130)131/h42-45,47-50,82-83,89-92H,4-41,46,51-78,107-109H2,1-3H3,(H,110,126)(H,111,123)(H,112,127)(H,113,129)(H,114,128)(H,115,124)(H,116,125)(H,130,131)(H,132,133)(H,134,135)(H,136,137)/t82-,83-,89+,90+,91+,92+/m1/s1. The molecular formula is C106H174N10O31. The van der Waals surface area contributed by atoms with E-state index in [1.54, 1.807) is 38.1 Å². The molecule has 0 heterocycles. The number of nitrogens with one attached hydrogen (secondary N) is 7. The van der Waals surface area contributed by atoms with Crippen molar-refractivity contribution in [3.05, 3.63) is 59.7 Å². The first-order chi connectivity index (χ1) is 70.6. The lowest BCUT2D eigenvalue weighted by molar-refractivity contribution is -0.142. The van der Waals surface area contributed by atoms with Crippen LogP contribution >= 0.6 is 0 Å². The average molecular weight is 2080 g/mol. The van der Waals surface area contributed by atoms with Gasteiger partial charge in [-0.15, -0.1) is 0 Å². The van der Waals surface area contributed by atoms with Crippen LogP contribution in [0.2, 0.25) is 0 Å². The number of carbonyl (C=O) groups excluding carboxylic acids is 13. The van der Waals surface area contributed by atoms with E-state index in [4.69, 9.17) is 74.8 Å². The highest BCUT2D eigenvalue weighted by molar-refractivity contribution is 5.94. The molecule has 834 valence electrons. The minimum absolute atomic E-state index is 0.00105. The number of unbranched alkanes of at least 4 members (excludes halogenated alkanes) is 21. The SMILES string of the molecule is CC(=O)[C@H](CCCCNC(=O)[C@@H](N)CCCCNC(=O)COCCOCCCC(=O)COCCOCCNC(=O)CC[C@H](NC(=O)CCCCCCCCCCCOc1ccc(C(=O)O)cc1)C(=O)O)CC(=O)[C@H](CCCCNC(=O)[C@@H](N)CCCCCC(=O)COCCOCCNC(=O)COCCOCCCC(=O)CC[C@H](NC(=O)CCCCCCCCCCCOc1ccc(C(=O)O)cc1)C(=O)O)CC(=O)C(C)(C)N. The summed E-state index contributed by atoms with van der Waals surface area (Å²) in [5.41, 5.74) is 17.7. The molecule has 2 aromatic rings. The number of rotatable bonds is 102. The molecule has 0 fully saturated rings. The molecule has 0 bridgehead atoms. The van der Waals surface area contributed by atoms with E-state index in [9.17, 15) is 91.7 Å². The quantitative estimate of drug-likeness (QED) is 0.0274. The van der Waals surface area contributed by atoms with Gasteiger partial charge in [0.1, 0.15) is 67.4 Å². The zero-order chi connectivity index (χ0) is 108. The summed E-state index contributed by atoms with van der Waals surface area (Å²) in [7, 11) is 0. The van der Waals surface area contributed by atoms with Crippen molar-refractivity contribution in [3.8, 4) is 11.5 Å². The number of ether oxygens (including phenoxy) is 10. The molecule has 17 N–H and O–H groups in total. The van der Waals surface area contributed by atoms with Crippen LogP contribution in [-0.4, -0.2) is 302 Å². The van der Waals surface area contributed by atoms with Gasteiger partial charge in [-0.05, 0) is 178 Å². The monoisotopic (exact) mass is 2080 g/mol. The number of carboxylic acid groups (broad SMARTS) is 4. The maximum atomic E-state index is 13.8. The zero-order valence-corrected chi connectivity index (χ0v) is 87.5. The molecule has 7 amide bonds. The lowest BCUT2D eigenvalue weighted by Crippen LogP contribution is -2.43. The van der Waals surface area contributed by atoms with Gasteiger partial charge in [0.2, 0.25) is 41.4 Å². The first-order valence-electron chi connectivity index (χ1n) is 53.0. The van der Waals surface area contributed by atoms with Gasteiger partial charge in [0.05, 0.1) is 108 Å². The molecule has 41 heteroatoms. The highest BCUT2D eigenvalue weighted by Crippen LogP contribution is 2.26. The Bertz CT molecular complexity index is 4060. The molecule has 0 unspecified atom stereocenters. The van der Waals surface area contributed by atoms with Crippen LogP contribution in [0.3, 0.4) is 0 Å². The van der Waals surface area contributed by atoms with Gasteiger partial charge in [-0.25, -0.2) is 19.2 Å². The number of benzene rings is 2. The van der Waals surface area contributed by atoms with Crippen LogP contribution in [0, 0.1) is 11.8 Å². The summed E-state index contributed by atoms with van der Waals surface area (Å²) in [6.07, 6.45) is 25.6. The van der Waals surface area contributed by atoms with Crippen LogP contribution in [-0.2, 0) is 110 Å². The summed E-state index contributed by atoms with van der Waals surface area (Å²) in [5, 5.41) is 56.1. The summed E-state index contributed by atoms with van der Waals surface area (Å²) in [4.78, 5) is 210. The fraction of sp³-hybridized carbons (Fsp3) is 0.726. The molecule has 2 aromatic carbocycles. The Morgan fingerprint density at radius 2 is 0.633 bits per heavy atom. The Labute approximate surface area is 867 Å². The number of carbonyl (C=O) groups is 17. The molecule has 0 saturated heterocycles. The Morgan fingerprint density at radius 3 is 1.05 bits per heavy atom. The van der Waals surface area contributed by atoms with E-state index < -0.39 is 65.4 Å². The number of aliphatic carboxylic acids is 2. The number of hydrogen-bond acceptors (Lipinski definition) is 30. The van der Waals surface area contributed by atoms with Crippen molar-refractivity contribution in [2.24, 2.45) is 29.0 Å². The molecule has 0 saturated carbocycles. The average Bonchev–Trinajstić information content (AvgIpc) is 0.867. The number of Topliss-reactive ketones (excluding diaryl/α,β-unsaturated/α-hetero) is 6. The largest absolute Gasteiger partial charge is 0.494 e. The van der Waals surface area contributed by atoms with Gasteiger partial charge >= 0.3 is 23.9 Å². The first-order valence-corrected chi connectivity index (χ1v) is 53.0. The van der Waals surface area contributed by atoms with Gasteiger partial charge < -0.3 is 122 Å². The van der Waals surface area contributed by atoms with Crippen molar-refractivity contribution < 1.29 is 149 Å². The van der Waals surface area contributed by atoms with Crippen LogP contribution in [0.1, 0.15) is 324 Å². The molecular weight excluding hydrogens is 1910 g/mol. The minimum Gasteiger partial charge on any atom is -0.494 e. The van der Waals surface area contributed by atoms with E-state index in [0.717, 1.165) is 103 Å². The topological polar surface area (TPSA) is 626 Å². The second kappa shape index (κ2) is 86.6. The van der Waals surface area contributed by atoms with Crippen molar-refractivity contribution in [3.63, 3.8) is 0 Å². The predicted octanol–water partition coefficient (Wildman–Crippen LogP) is 9.62. The number of carboxylic acids is 4. The predicted molar refractivity (Wildman–Crippen MR) is 549 cm³/mol. The summed E-state index contributed by atoms with van der Waals surface area (Å²) < 4.78 is 54.9. The van der Waals surface area contributed by atoms with E-state index in [-0.39, 0.29) is 270 Å². The fourth-order valence-corrected chi connectivity index (χ4v) is 15.2. The number of ketones is 6. The summed E-state index contributed by atoms with van der Waals surface area (Å²) in [5.74, 6) is -7.83. The number of amides is 7. The molecule has 6 atom stereocenters. The third-order valence-corrected chi connectivity index (χ3v) is 24.2. The zero-order valence-electron chi connectivity index (χ0n) is 87.5. The number of nitrogens with two attached hydrogens (primary N) is 3. The second-order valence-electron chi connectivity index (χ2n) is 37.7. The van der Waals surface area contributed by atoms with E-state index in [0.29, 0.717) is 160 Å². The lowest BCUT2D eigenvalue weighted by atomic mass is 9.82. The van der Waals surface area contributed by atoms with E-state index >= 15 is 0 Å². The van der Waals surface area contributed by atoms with Crippen molar-refractivity contribution in [1.82, 2.24) is 37.2 Å². The van der Waals surface area contributed by atoms with Crippen LogP contribution < -0.4 is 63.9 Å². The van der Waals surface area contributed by atoms with Crippen molar-refractivity contribution in [1.29, 1.82) is 0 Å². The second-order valence-corrected chi connectivity index (χ2v) is 37.7. The third-order valence-electron chi connectivity index (χ3n) is 24.2. The highest BCUT2D eigenvalue weighted by atomic mass is 16.5. The van der Waals surface area contributed by atoms with Crippen molar-refractivity contribution in [2.75, 3.05) is 152 Å². The molecule has 0 radical (unpaired) electrons. The maximum absolute atomic E-state index is 13.8. The lowest BCUT2D eigenvalue weighted by Gasteiger charge is -2.23. The van der Waals surface area contributed by atoms with E-state index in [2.05, 4.69) is 37.2 Å². The smallest absolute Gasteiger partial charge is 0.335 e. The van der Waals surface area contributed by atoms with Crippen LogP contribution in [0.4, 0.5) is 0 Å². The maximum Gasteiger partial charge on any atom is 0.335 e. The van der Waals surface area contributed by atoms with E-state index in [1.165, 1.54) is 31.2 Å². The molecule has 2 rings (SSSR count). The van der Waals surface area contributed by atoms with Gasteiger partial charge in [0.25, 0.3) is 0 Å². The fourth-order valence-electron chi connectivity index (χ4n) is 15.2. The first kappa shape index (κ1) is 133. The molecule has 0 aliphatic heterocycles. The molecule has 0 aliphatic rings. The highest BCUT2D eigenvalue weighted by Gasteiger charge is 2.32. The molecule has 147 heavy (non-hydrogen) atoms. The van der Waals surface area contributed by atoms with Crippen molar-refractivity contribution in [2.45, 2.75) is 333 Å². The van der Waals surface area contributed by atoms with Crippen LogP contribution in [0.15, 0.2) is 48.5 Å². The Morgan fingerprint density at radius 1 is 0.299 bits per heavy atom. The molecule has 0 spiro atoms. The molecule has 0 aliphatic carbocycles. The summed E-state index contributed by atoms with van der Waals surface area (Å²) in [6, 6.07) is 8.79. The van der Waals surface area contributed by atoms with Gasteiger partial charge in [0, 0.05) is 116 Å². The van der Waals surface area contributed by atoms with E-state index in [1.807, 2.05) is 0 Å². The number of aromatic carboxylic acids is 2. The van der Waals surface area contributed by atoms with Crippen LogP contribution in [0.25, 0.3) is 0 Å². The Hall–Kier alpha value is -10.2. The van der Waals surface area contributed by atoms with Gasteiger partial charge in [-0.3, -0.25) is 62.3 Å². The van der Waals surface area contributed by atoms with Crippen LogP contribution in [0.5, 0.6) is 11.5 Å². The van der Waals surface area contributed by atoms with Gasteiger partial charge in [-0.2, -0.15) is 0 Å². The summed E-state index contributed by atoms with van der Waals surface area (Å²) in [6.45, 7) is 8.84. The Kier molecular flexibility index (Phi) is 78.3. The van der Waals surface area contributed by atoms with Gasteiger partial charge in [0.15, 0.2) is 17.3 Å². The van der Waals surface area contributed by atoms with Gasteiger partial charge in [-0.1, -0.05) is 116 Å².